The molecule has 0 N–H and O–H groups in total. The molecule has 1 aliphatic heterocycles. The van der Waals surface area contributed by atoms with Gasteiger partial charge in [0, 0.05) is 38.5 Å². The molecule has 1 aliphatic rings. The van der Waals surface area contributed by atoms with Gasteiger partial charge in [-0.15, -0.1) is 0 Å². The average Bonchev–Trinajstić information content (AvgIpc) is 3.60. The van der Waals surface area contributed by atoms with Crippen LogP contribution < -0.4 is 4.90 Å². The Labute approximate surface area is 322 Å². The molecule has 0 saturated carbocycles. The molecule has 0 fully saturated rings. The second-order valence-corrected chi connectivity index (χ2v) is 14.5. The molecule has 0 aliphatic carbocycles. The van der Waals surface area contributed by atoms with E-state index in [1.807, 2.05) is 0 Å². The van der Waals surface area contributed by atoms with E-state index in [2.05, 4.69) is 198 Å². The van der Waals surface area contributed by atoms with Crippen LogP contribution in [0.5, 0.6) is 0 Å². The maximum atomic E-state index is 5.40. The summed E-state index contributed by atoms with van der Waals surface area (Å²) in [5.41, 5.74) is 9.74. The molecule has 0 radical (unpaired) electrons. The van der Waals surface area contributed by atoms with Gasteiger partial charge in [0.15, 0.2) is 11.6 Å². The van der Waals surface area contributed by atoms with Gasteiger partial charge in [-0.25, -0.2) is 4.98 Å². The SMILES string of the molecule is c1ccc(-n2c3ccccc3c3cc(-c4nc(-c5ccc6ccccc6c5)nc(N5c6ccc7ccccc7c6-c6cccc7cccc5c67)n4)ccc32)cc1. The van der Waals surface area contributed by atoms with E-state index >= 15 is 0 Å². The van der Waals surface area contributed by atoms with Gasteiger partial charge in [0.05, 0.1) is 22.4 Å². The van der Waals surface area contributed by atoms with Crippen molar-refractivity contribution in [2.75, 3.05) is 4.90 Å². The van der Waals surface area contributed by atoms with E-state index in [1.165, 1.54) is 43.4 Å². The normalized spacial score (nSPS) is 12.2. The summed E-state index contributed by atoms with van der Waals surface area (Å²) in [7, 11) is 0. The standard InChI is InChI=1S/C51H31N5/c1-2-17-38(18-3-1)55-43-22-9-8-20-40(43)42-31-37(27-28-44(42)55)50-52-49(36-25-24-32-12-4-5-14-35(32)30-36)53-51(54-50)56-45-23-11-16-34-15-10-21-41(47(34)45)48-39-19-7-6-13-33(39)26-29-46(48)56/h1-31H. The van der Waals surface area contributed by atoms with Gasteiger partial charge in [-0.05, 0) is 87.1 Å². The van der Waals surface area contributed by atoms with Gasteiger partial charge >= 0.3 is 0 Å². The molecule has 0 amide bonds. The molecule has 2 aromatic heterocycles. The Morgan fingerprint density at radius 2 is 1.02 bits per heavy atom. The summed E-state index contributed by atoms with van der Waals surface area (Å²) >= 11 is 0. The number of hydrogen-bond donors (Lipinski definition) is 0. The lowest BCUT2D eigenvalue weighted by atomic mass is 9.88. The summed E-state index contributed by atoms with van der Waals surface area (Å²) in [5, 5.41) is 9.38. The molecular weight excluding hydrogens is 683 g/mol. The first-order chi connectivity index (χ1) is 27.8. The van der Waals surface area contributed by atoms with Gasteiger partial charge in [-0.1, -0.05) is 133 Å². The number of fused-ring (bicyclic) bond motifs is 8. The molecule has 0 spiro atoms. The highest BCUT2D eigenvalue weighted by molar-refractivity contribution is 6.19. The zero-order chi connectivity index (χ0) is 36.7. The highest BCUT2D eigenvalue weighted by Crippen LogP contribution is 2.52. The highest BCUT2D eigenvalue weighted by Gasteiger charge is 2.30. The number of hydrogen-bond acceptors (Lipinski definition) is 4. The third kappa shape index (κ3) is 4.58. The smallest absolute Gasteiger partial charge is 0.238 e. The van der Waals surface area contributed by atoms with E-state index in [4.69, 9.17) is 15.0 Å². The lowest BCUT2D eigenvalue weighted by Gasteiger charge is -2.32. The molecule has 12 rings (SSSR count). The van der Waals surface area contributed by atoms with Crippen molar-refractivity contribution in [1.82, 2.24) is 19.5 Å². The molecule has 0 atom stereocenters. The van der Waals surface area contributed by atoms with Crippen LogP contribution in [0, 0.1) is 0 Å². The van der Waals surface area contributed by atoms with E-state index in [9.17, 15) is 0 Å². The molecule has 3 heterocycles. The van der Waals surface area contributed by atoms with Crippen LogP contribution in [0.3, 0.4) is 0 Å². The van der Waals surface area contributed by atoms with Crippen LogP contribution >= 0.6 is 0 Å². The van der Waals surface area contributed by atoms with Gasteiger partial charge in [0.1, 0.15) is 0 Å². The molecule has 260 valence electrons. The van der Waals surface area contributed by atoms with Crippen LogP contribution in [0.15, 0.2) is 188 Å². The van der Waals surface area contributed by atoms with Crippen molar-refractivity contribution in [3.63, 3.8) is 0 Å². The molecule has 9 aromatic carbocycles. The molecule has 0 saturated heterocycles. The van der Waals surface area contributed by atoms with Crippen LogP contribution in [0.2, 0.25) is 0 Å². The van der Waals surface area contributed by atoms with Crippen LogP contribution in [-0.4, -0.2) is 19.5 Å². The Kier molecular flexibility index (Phi) is 6.56. The Morgan fingerprint density at radius 3 is 1.88 bits per heavy atom. The number of rotatable bonds is 4. The topological polar surface area (TPSA) is 46.8 Å². The first-order valence-corrected chi connectivity index (χ1v) is 19.0. The van der Waals surface area contributed by atoms with E-state index in [-0.39, 0.29) is 0 Å². The predicted molar refractivity (Wildman–Crippen MR) is 231 cm³/mol. The monoisotopic (exact) mass is 713 g/mol. The van der Waals surface area contributed by atoms with Crippen molar-refractivity contribution in [2.24, 2.45) is 0 Å². The van der Waals surface area contributed by atoms with Gasteiger partial charge in [-0.3, -0.25) is 4.90 Å². The molecular formula is C51H31N5. The third-order valence-corrected chi connectivity index (χ3v) is 11.3. The molecule has 56 heavy (non-hydrogen) atoms. The van der Waals surface area contributed by atoms with Crippen molar-refractivity contribution in [1.29, 1.82) is 0 Å². The van der Waals surface area contributed by atoms with Gasteiger partial charge in [0.2, 0.25) is 5.95 Å². The fraction of sp³-hybridized carbons (Fsp3) is 0. The summed E-state index contributed by atoms with van der Waals surface area (Å²) < 4.78 is 2.33. The summed E-state index contributed by atoms with van der Waals surface area (Å²) in [6.45, 7) is 0. The summed E-state index contributed by atoms with van der Waals surface area (Å²) in [4.78, 5) is 18.3. The van der Waals surface area contributed by atoms with Gasteiger partial charge in [-0.2, -0.15) is 9.97 Å². The Hall–Kier alpha value is -7.63. The molecule has 5 nitrogen and oxygen atoms in total. The van der Waals surface area contributed by atoms with Crippen molar-refractivity contribution in [3.8, 4) is 39.6 Å². The minimum absolute atomic E-state index is 0.573. The zero-order valence-corrected chi connectivity index (χ0v) is 30.1. The summed E-state index contributed by atoms with van der Waals surface area (Å²) in [6.07, 6.45) is 0. The van der Waals surface area contributed by atoms with E-state index in [0.717, 1.165) is 50.0 Å². The van der Waals surface area contributed by atoms with Gasteiger partial charge in [0.25, 0.3) is 0 Å². The molecule has 0 bridgehead atoms. The quantitative estimate of drug-likeness (QED) is 0.182. The Morgan fingerprint density at radius 1 is 0.375 bits per heavy atom. The first-order valence-electron chi connectivity index (χ1n) is 19.0. The van der Waals surface area contributed by atoms with E-state index in [0.29, 0.717) is 17.6 Å². The van der Waals surface area contributed by atoms with E-state index < -0.39 is 0 Å². The fourth-order valence-corrected chi connectivity index (χ4v) is 8.81. The number of anilines is 3. The zero-order valence-electron chi connectivity index (χ0n) is 30.1. The Bertz CT molecular complexity index is 3380. The Balaban J connectivity index is 1.14. The number of para-hydroxylation sites is 2. The van der Waals surface area contributed by atoms with Crippen molar-refractivity contribution < 1.29 is 0 Å². The second kappa shape index (κ2) is 11.9. The number of nitrogens with zero attached hydrogens (tertiary/aromatic N) is 5. The largest absolute Gasteiger partial charge is 0.309 e. The molecule has 11 aromatic rings. The summed E-state index contributed by atoms with van der Waals surface area (Å²) in [5.74, 6) is 1.81. The van der Waals surface area contributed by atoms with Gasteiger partial charge < -0.3 is 4.57 Å². The highest BCUT2D eigenvalue weighted by atomic mass is 15.3. The van der Waals surface area contributed by atoms with Crippen molar-refractivity contribution >= 4 is 71.4 Å². The lowest BCUT2D eigenvalue weighted by Crippen LogP contribution is -2.19. The second-order valence-electron chi connectivity index (χ2n) is 14.5. The minimum Gasteiger partial charge on any atom is -0.309 e. The van der Waals surface area contributed by atoms with Crippen LogP contribution in [0.1, 0.15) is 0 Å². The minimum atomic E-state index is 0.573. The maximum Gasteiger partial charge on any atom is 0.238 e. The lowest BCUT2D eigenvalue weighted by molar-refractivity contribution is 1.02. The van der Waals surface area contributed by atoms with Crippen LogP contribution in [0.4, 0.5) is 17.3 Å². The molecule has 5 heteroatoms. The number of aromatic nitrogens is 4. The van der Waals surface area contributed by atoms with Crippen molar-refractivity contribution in [3.05, 3.63) is 188 Å². The first kappa shape index (κ1) is 30.8. The van der Waals surface area contributed by atoms with Crippen molar-refractivity contribution in [2.45, 2.75) is 0 Å². The predicted octanol–water partition coefficient (Wildman–Crippen LogP) is 13.2. The molecule has 0 unspecified atom stereocenters. The van der Waals surface area contributed by atoms with Crippen LogP contribution in [-0.2, 0) is 0 Å². The maximum absolute atomic E-state index is 5.40. The van der Waals surface area contributed by atoms with E-state index in [1.54, 1.807) is 0 Å². The summed E-state index contributed by atoms with van der Waals surface area (Å²) in [6, 6.07) is 66.8. The average molecular weight is 714 g/mol. The fourth-order valence-electron chi connectivity index (χ4n) is 8.81. The third-order valence-electron chi connectivity index (χ3n) is 11.3. The van der Waals surface area contributed by atoms with Crippen LogP contribution in [0.25, 0.3) is 93.7 Å². The number of benzene rings is 9.